The topological polar surface area (TPSA) is 68.6 Å². The maximum Gasteiger partial charge on any atom is 2.00 e. The number of aromatic nitrogens is 4. The molecule has 0 aliphatic heterocycles. The first-order valence-corrected chi connectivity index (χ1v) is 17.4. The van der Waals surface area contributed by atoms with Crippen LogP contribution in [0.4, 0.5) is 0 Å². The fourth-order valence-electron chi connectivity index (χ4n) is 7.15. The van der Waals surface area contributed by atoms with Gasteiger partial charge in [-0.05, 0) is 39.9 Å². The maximum absolute atomic E-state index is 10.2. The second-order valence-corrected chi connectivity index (χ2v) is 14.1. The number of fused-ring (bicyclic) bond motifs is 4. The van der Waals surface area contributed by atoms with Crippen LogP contribution in [0.1, 0.15) is 31.9 Å². The third kappa shape index (κ3) is 5.96. The zero-order chi connectivity index (χ0) is 35.4. The number of rotatable bonds is 5. The van der Waals surface area contributed by atoms with Crippen LogP contribution in [-0.4, -0.2) is 14.5 Å². The van der Waals surface area contributed by atoms with Crippen LogP contribution in [0.25, 0.3) is 83.4 Å². The molecule has 6 aromatic carbocycles. The van der Waals surface area contributed by atoms with Crippen LogP contribution in [0.3, 0.4) is 0 Å². The van der Waals surface area contributed by atoms with Gasteiger partial charge in [-0.25, -0.2) is 4.98 Å². The number of nitriles is 1. The van der Waals surface area contributed by atoms with Gasteiger partial charge >= 0.3 is 21.1 Å². The predicted molar refractivity (Wildman–Crippen MR) is 211 cm³/mol. The first kappa shape index (κ1) is 34.0. The molecule has 3 aromatic heterocycles. The van der Waals surface area contributed by atoms with E-state index in [1.807, 2.05) is 48.5 Å². The number of pyridine rings is 1. The molecule has 0 saturated heterocycles. The van der Waals surface area contributed by atoms with Crippen LogP contribution >= 0.6 is 0 Å². The molecule has 0 atom stereocenters. The van der Waals surface area contributed by atoms with Crippen molar-refractivity contribution in [3.8, 4) is 56.7 Å². The van der Waals surface area contributed by atoms with E-state index < -0.39 is 0 Å². The summed E-state index contributed by atoms with van der Waals surface area (Å²) < 4.78 is 2.24. The molecule has 5 nitrogen and oxygen atoms in total. The smallest absolute Gasteiger partial charge is 0.656 e. The monoisotopic (exact) mass is 862 g/mol. The van der Waals surface area contributed by atoms with Gasteiger partial charge in [-0.1, -0.05) is 141 Å². The molecule has 0 saturated carbocycles. The van der Waals surface area contributed by atoms with Crippen LogP contribution in [0, 0.1) is 17.4 Å². The van der Waals surface area contributed by atoms with Gasteiger partial charge < -0.3 is 4.98 Å². The molecular formula is C47H33N5Pt. The third-order valence-electron chi connectivity index (χ3n) is 9.81. The Morgan fingerprint density at radius 1 is 0.698 bits per heavy atom. The van der Waals surface area contributed by atoms with Gasteiger partial charge in [0.1, 0.15) is 5.82 Å². The first-order valence-electron chi connectivity index (χ1n) is 17.4. The van der Waals surface area contributed by atoms with Crippen molar-refractivity contribution in [2.75, 3.05) is 0 Å². The summed E-state index contributed by atoms with van der Waals surface area (Å²) in [6.45, 7) is 6.63. The van der Waals surface area contributed by atoms with E-state index in [4.69, 9.17) is 15.0 Å². The number of benzene rings is 6. The van der Waals surface area contributed by atoms with Crippen molar-refractivity contribution in [2.45, 2.75) is 26.2 Å². The Hall–Kier alpha value is -6.08. The van der Waals surface area contributed by atoms with Crippen LogP contribution in [-0.2, 0) is 26.5 Å². The van der Waals surface area contributed by atoms with E-state index in [0.717, 1.165) is 83.3 Å². The maximum atomic E-state index is 10.2. The molecule has 0 N–H and O–H groups in total. The molecule has 0 aliphatic rings. The number of hydrogen-bond donors (Lipinski definition) is 0. The van der Waals surface area contributed by atoms with Gasteiger partial charge in [-0.15, -0.1) is 40.4 Å². The van der Waals surface area contributed by atoms with Crippen molar-refractivity contribution < 1.29 is 21.1 Å². The largest absolute Gasteiger partial charge is 2.00 e. The summed E-state index contributed by atoms with van der Waals surface area (Å²) in [7, 11) is 0. The van der Waals surface area contributed by atoms with Gasteiger partial charge in [-0.3, -0.25) is 9.55 Å². The summed E-state index contributed by atoms with van der Waals surface area (Å²) in [5.74, 6) is 0.825. The van der Waals surface area contributed by atoms with E-state index in [1.54, 1.807) is 6.20 Å². The fraction of sp³-hybridized carbons (Fsp3) is 0.0851. The van der Waals surface area contributed by atoms with Gasteiger partial charge in [0.15, 0.2) is 0 Å². The molecule has 0 bridgehead atoms. The zero-order valence-corrected chi connectivity index (χ0v) is 31.7. The van der Waals surface area contributed by atoms with Crippen molar-refractivity contribution in [3.05, 3.63) is 163 Å². The number of para-hydroxylation sites is 4. The summed E-state index contributed by atoms with van der Waals surface area (Å²) in [6.07, 6.45) is 1.80. The molecule has 256 valence electrons. The standard InChI is InChI=1S/C47H33N5.Pt/c1-47(2,3)34-25-31(24-32(26-34)42-27-33(28-48)40(29-49-42)30-14-6-4-7-15-30)36-19-13-23-43-45(36)51-46(52(43)35-16-8-5-9-17-35)39-21-12-20-38-37-18-10-11-22-41(37)50-44(38)39;/h4-23,25-27,29H,1-3H3;/q-2;+2. The Labute approximate surface area is 322 Å². The number of hydrogen-bond acceptors (Lipinski definition) is 3. The first-order chi connectivity index (χ1) is 25.4. The summed E-state index contributed by atoms with van der Waals surface area (Å²) in [4.78, 5) is 15.5. The van der Waals surface area contributed by atoms with Gasteiger partial charge in [0, 0.05) is 28.7 Å². The van der Waals surface area contributed by atoms with Crippen molar-refractivity contribution in [3.63, 3.8) is 0 Å². The summed E-state index contributed by atoms with van der Waals surface area (Å²) >= 11 is 0. The van der Waals surface area contributed by atoms with Crippen molar-refractivity contribution in [1.29, 1.82) is 5.26 Å². The Morgan fingerprint density at radius 2 is 1.38 bits per heavy atom. The average Bonchev–Trinajstić information content (AvgIpc) is 3.77. The quantitative estimate of drug-likeness (QED) is 0.162. The fourth-order valence-corrected chi connectivity index (χ4v) is 7.15. The summed E-state index contributed by atoms with van der Waals surface area (Å²) in [5, 5.41) is 12.4. The van der Waals surface area contributed by atoms with Crippen LogP contribution in [0.5, 0.6) is 0 Å². The Kier molecular flexibility index (Phi) is 8.65. The minimum atomic E-state index is -0.163. The van der Waals surface area contributed by atoms with Crippen LogP contribution in [0.15, 0.2) is 146 Å². The normalized spacial score (nSPS) is 11.5. The SMILES string of the molecule is CC(C)(C)c1cc(-c2cc(C#N)c(-c3ccccc3)cn2)[c-]c(-c2cccc3c2nc(-c2cccc4c2[n-]c2ccccc24)n3-c2ccccc2)c1.[Pt+2]. The Morgan fingerprint density at radius 3 is 2.15 bits per heavy atom. The zero-order valence-electron chi connectivity index (χ0n) is 29.4. The Balaban J connectivity index is 0.00000400. The molecule has 6 heteroatoms. The van der Waals surface area contributed by atoms with Crippen molar-refractivity contribution in [1.82, 2.24) is 19.5 Å². The molecule has 53 heavy (non-hydrogen) atoms. The van der Waals surface area contributed by atoms with Crippen molar-refractivity contribution >= 4 is 32.8 Å². The number of nitrogens with zero attached hydrogens (tertiary/aromatic N) is 5. The molecule has 9 aromatic rings. The van der Waals surface area contributed by atoms with E-state index in [-0.39, 0.29) is 26.5 Å². The van der Waals surface area contributed by atoms with Gasteiger partial charge in [0.2, 0.25) is 0 Å². The molecule has 0 radical (unpaired) electrons. The second-order valence-electron chi connectivity index (χ2n) is 14.1. The molecule has 0 aliphatic carbocycles. The summed E-state index contributed by atoms with van der Waals surface area (Å²) in [6, 6.07) is 53.7. The molecule has 9 rings (SSSR count). The van der Waals surface area contributed by atoms with Gasteiger partial charge in [0.25, 0.3) is 0 Å². The van der Waals surface area contributed by atoms with Crippen LogP contribution < -0.4 is 4.98 Å². The van der Waals surface area contributed by atoms with Crippen LogP contribution in [0.2, 0.25) is 0 Å². The molecule has 3 heterocycles. The van der Waals surface area contributed by atoms with Crippen molar-refractivity contribution in [2.24, 2.45) is 0 Å². The average molecular weight is 863 g/mol. The van der Waals surface area contributed by atoms with E-state index in [9.17, 15) is 5.26 Å². The predicted octanol–water partition coefficient (Wildman–Crippen LogP) is 11.3. The number of imidazole rings is 1. The minimum absolute atomic E-state index is 0. The molecule has 0 spiro atoms. The molecule has 0 unspecified atom stereocenters. The van der Waals surface area contributed by atoms with E-state index in [2.05, 4.69) is 128 Å². The summed E-state index contributed by atoms with van der Waals surface area (Å²) in [5.41, 5.74) is 12.5. The van der Waals surface area contributed by atoms with E-state index in [0.29, 0.717) is 11.3 Å². The second kappa shape index (κ2) is 13.5. The molecular weight excluding hydrogens is 830 g/mol. The van der Waals surface area contributed by atoms with Gasteiger partial charge in [0.05, 0.1) is 22.7 Å². The van der Waals surface area contributed by atoms with E-state index in [1.165, 1.54) is 0 Å². The van der Waals surface area contributed by atoms with Gasteiger partial charge in [-0.2, -0.15) is 5.26 Å². The third-order valence-corrected chi connectivity index (χ3v) is 9.81. The molecule has 0 fully saturated rings. The molecule has 0 amide bonds. The minimum Gasteiger partial charge on any atom is -0.656 e. The van der Waals surface area contributed by atoms with E-state index >= 15 is 0 Å². The Bertz CT molecular complexity index is 2840.